The SMILES string of the molecule is CC1(C)c2ccccc2-c2ccc(N(c3ccc(-c4ccccc4)cc3)c3ccc4c(c3)C(C)(C)c3cc(-c5cccc6c5[nH]c5ccccc56)ccc3-4)cc21. The predicted molar refractivity (Wildman–Crippen MR) is 236 cm³/mol. The molecule has 0 fully saturated rings. The zero-order valence-electron chi connectivity index (χ0n) is 32.2. The zero-order chi connectivity index (χ0) is 37.8. The summed E-state index contributed by atoms with van der Waals surface area (Å²) in [4.78, 5) is 6.19. The van der Waals surface area contributed by atoms with Gasteiger partial charge in [0.1, 0.15) is 0 Å². The van der Waals surface area contributed by atoms with E-state index >= 15 is 0 Å². The summed E-state index contributed by atoms with van der Waals surface area (Å²) in [5.74, 6) is 0. The summed E-state index contributed by atoms with van der Waals surface area (Å²) in [6.45, 7) is 9.51. The van der Waals surface area contributed by atoms with Gasteiger partial charge in [-0.3, -0.25) is 0 Å². The fourth-order valence-corrected chi connectivity index (χ4v) is 9.86. The average molecular weight is 719 g/mol. The Balaban J connectivity index is 1.03. The highest BCUT2D eigenvalue weighted by Gasteiger charge is 2.38. The second kappa shape index (κ2) is 11.9. The molecule has 0 atom stereocenters. The molecule has 0 unspecified atom stereocenters. The molecule has 2 heteroatoms. The Labute approximate surface area is 328 Å². The molecule has 0 amide bonds. The van der Waals surface area contributed by atoms with Gasteiger partial charge in [-0.2, -0.15) is 0 Å². The summed E-state index contributed by atoms with van der Waals surface area (Å²) < 4.78 is 0. The molecule has 8 aromatic carbocycles. The van der Waals surface area contributed by atoms with E-state index in [1.165, 1.54) is 94.3 Å². The number of nitrogens with one attached hydrogen (secondary N) is 1. The minimum absolute atomic E-state index is 0.0960. The lowest BCUT2D eigenvalue weighted by Gasteiger charge is -2.30. The van der Waals surface area contributed by atoms with Crippen molar-refractivity contribution in [2.24, 2.45) is 0 Å². The molecular weight excluding hydrogens is 677 g/mol. The van der Waals surface area contributed by atoms with E-state index in [1.54, 1.807) is 0 Å². The Bertz CT molecular complexity index is 3020. The van der Waals surface area contributed by atoms with Crippen LogP contribution in [0.3, 0.4) is 0 Å². The summed E-state index contributed by atoms with van der Waals surface area (Å²) >= 11 is 0. The Morgan fingerprint density at radius 2 is 0.857 bits per heavy atom. The molecule has 56 heavy (non-hydrogen) atoms. The molecule has 1 N–H and O–H groups in total. The maximum atomic E-state index is 3.73. The molecule has 9 aromatic rings. The minimum atomic E-state index is -0.199. The molecule has 2 aliphatic carbocycles. The van der Waals surface area contributed by atoms with Gasteiger partial charge in [0.2, 0.25) is 0 Å². The predicted octanol–water partition coefficient (Wildman–Crippen LogP) is 14.7. The van der Waals surface area contributed by atoms with Gasteiger partial charge in [-0.25, -0.2) is 0 Å². The van der Waals surface area contributed by atoms with Crippen LogP contribution in [0.15, 0.2) is 176 Å². The van der Waals surface area contributed by atoms with E-state index in [9.17, 15) is 0 Å². The number of nitrogens with zero attached hydrogens (tertiary/aromatic N) is 1. The van der Waals surface area contributed by atoms with Gasteiger partial charge < -0.3 is 9.88 Å². The number of hydrogen-bond donors (Lipinski definition) is 1. The quantitative estimate of drug-likeness (QED) is 0.188. The molecule has 0 bridgehead atoms. The van der Waals surface area contributed by atoms with E-state index in [1.807, 2.05) is 0 Å². The number of H-pyrrole nitrogens is 1. The Hall–Kier alpha value is -6.64. The van der Waals surface area contributed by atoms with Crippen LogP contribution < -0.4 is 4.90 Å². The average Bonchev–Trinajstić information content (AvgIpc) is 3.81. The van der Waals surface area contributed by atoms with Crippen molar-refractivity contribution < 1.29 is 0 Å². The fourth-order valence-electron chi connectivity index (χ4n) is 9.86. The van der Waals surface area contributed by atoms with Gasteiger partial charge in [0, 0.05) is 49.7 Å². The first kappa shape index (κ1) is 32.8. The van der Waals surface area contributed by atoms with Crippen LogP contribution in [0.2, 0.25) is 0 Å². The molecule has 0 saturated heterocycles. The molecule has 1 aromatic heterocycles. The van der Waals surface area contributed by atoms with E-state index in [0.717, 1.165) is 11.4 Å². The summed E-state index contributed by atoms with van der Waals surface area (Å²) in [7, 11) is 0. The second-order valence-corrected chi connectivity index (χ2v) is 16.7. The minimum Gasteiger partial charge on any atom is -0.354 e. The van der Waals surface area contributed by atoms with E-state index in [2.05, 4.69) is 214 Å². The zero-order valence-corrected chi connectivity index (χ0v) is 32.2. The highest BCUT2D eigenvalue weighted by molar-refractivity contribution is 6.12. The molecule has 268 valence electrons. The maximum Gasteiger partial charge on any atom is 0.0544 e. The van der Waals surface area contributed by atoms with E-state index in [0.29, 0.717) is 0 Å². The third-order valence-corrected chi connectivity index (χ3v) is 12.8. The molecular formula is C54H42N2. The van der Waals surface area contributed by atoms with Gasteiger partial charge in [-0.1, -0.05) is 155 Å². The number of aromatic amines is 1. The van der Waals surface area contributed by atoms with Crippen molar-refractivity contribution in [1.82, 2.24) is 4.98 Å². The number of para-hydroxylation sites is 2. The number of benzene rings is 8. The number of fused-ring (bicyclic) bond motifs is 9. The number of anilines is 3. The Morgan fingerprint density at radius 1 is 0.357 bits per heavy atom. The lowest BCUT2D eigenvalue weighted by Crippen LogP contribution is -2.18. The maximum absolute atomic E-state index is 3.73. The van der Waals surface area contributed by atoms with Crippen LogP contribution in [0.1, 0.15) is 49.9 Å². The van der Waals surface area contributed by atoms with E-state index < -0.39 is 0 Å². The number of rotatable bonds is 5. The standard InChI is InChI=1S/C54H42N2/c1-53(2)47-19-10-8-15-41(47)43-29-26-38(32-49(43)53)56(37-24-21-35(22-25-37)34-13-6-5-7-14-34)39-27-30-44-42-28-23-36(31-48(42)54(3,4)50(44)33-39)40-17-12-18-46-45-16-9-11-20-51(45)55-52(40)46/h5-33,55H,1-4H3. The number of aromatic nitrogens is 1. The molecule has 1 heterocycles. The van der Waals surface area contributed by atoms with Crippen LogP contribution in [0, 0.1) is 0 Å². The molecule has 0 radical (unpaired) electrons. The summed E-state index contributed by atoms with van der Waals surface area (Å²) in [6, 6.07) is 65.2. The highest BCUT2D eigenvalue weighted by Crippen LogP contribution is 2.54. The molecule has 11 rings (SSSR count). The van der Waals surface area contributed by atoms with Crippen LogP contribution in [0.25, 0.3) is 66.3 Å². The highest BCUT2D eigenvalue weighted by atomic mass is 15.1. The normalized spacial score (nSPS) is 14.4. The second-order valence-electron chi connectivity index (χ2n) is 16.7. The topological polar surface area (TPSA) is 19.0 Å². The molecule has 0 spiro atoms. The Kier molecular flexibility index (Phi) is 6.98. The smallest absolute Gasteiger partial charge is 0.0544 e. The summed E-state index contributed by atoms with van der Waals surface area (Å²) in [5.41, 5.74) is 21.2. The van der Waals surface area contributed by atoms with Gasteiger partial charge in [0.15, 0.2) is 0 Å². The van der Waals surface area contributed by atoms with Crippen molar-refractivity contribution in [1.29, 1.82) is 0 Å². The first-order valence-electron chi connectivity index (χ1n) is 19.8. The van der Waals surface area contributed by atoms with Crippen LogP contribution >= 0.6 is 0 Å². The van der Waals surface area contributed by atoms with E-state index in [-0.39, 0.29) is 10.8 Å². The molecule has 0 saturated carbocycles. The fraction of sp³-hybridized carbons (Fsp3) is 0.111. The monoisotopic (exact) mass is 718 g/mol. The van der Waals surface area contributed by atoms with Crippen molar-refractivity contribution in [3.05, 3.63) is 198 Å². The van der Waals surface area contributed by atoms with Gasteiger partial charge in [-0.15, -0.1) is 0 Å². The summed E-state index contributed by atoms with van der Waals surface area (Å²) in [6.07, 6.45) is 0. The first-order valence-corrected chi connectivity index (χ1v) is 19.8. The molecule has 2 nitrogen and oxygen atoms in total. The van der Waals surface area contributed by atoms with Gasteiger partial charge in [-0.05, 0) is 110 Å². The first-order chi connectivity index (χ1) is 27.3. The third kappa shape index (κ3) is 4.75. The van der Waals surface area contributed by atoms with Crippen molar-refractivity contribution in [3.8, 4) is 44.5 Å². The summed E-state index contributed by atoms with van der Waals surface area (Å²) in [5, 5.41) is 2.53. The van der Waals surface area contributed by atoms with Crippen LogP contribution in [-0.4, -0.2) is 4.98 Å². The van der Waals surface area contributed by atoms with E-state index in [4.69, 9.17) is 0 Å². The van der Waals surface area contributed by atoms with Crippen LogP contribution in [0.5, 0.6) is 0 Å². The van der Waals surface area contributed by atoms with Gasteiger partial charge in [0.05, 0.1) is 5.52 Å². The van der Waals surface area contributed by atoms with Gasteiger partial charge in [0.25, 0.3) is 0 Å². The lowest BCUT2D eigenvalue weighted by molar-refractivity contribution is 0.660. The van der Waals surface area contributed by atoms with Crippen molar-refractivity contribution in [3.63, 3.8) is 0 Å². The molecule has 0 aliphatic heterocycles. The van der Waals surface area contributed by atoms with Gasteiger partial charge >= 0.3 is 0 Å². The van der Waals surface area contributed by atoms with Crippen LogP contribution in [0.4, 0.5) is 17.1 Å². The largest absolute Gasteiger partial charge is 0.354 e. The van der Waals surface area contributed by atoms with Crippen molar-refractivity contribution >= 4 is 38.9 Å². The van der Waals surface area contributed by atoms with Crippen molar-refractivity contribution in [2.75, 3.05) is 4.90 Å². The number of hydrogen-bond acceptors (Lipinski definition) is 1. The van der Waals surface area contributed by atoms with Crippen molar-refractivity contribution in [2.45, 2.75) is 38.5 Å². The Morgan fingerprint density at radius 3 is 1.59 bits per heavy atom. The molecule has 2 aliphatic rings. The van der Waals surface area contributed by atoms with Crippen LogP contribution in [-0.2, 0) is 10.8 Å². The third-order valence-electron chi connectivity index (χ3n) is 12.8. The lowest BCUT2D eigenvalue weighted by atomic mass is 9.81.